The van der Waals surface area contributed by atoms with Crippen molar-refractivity contribution >= 4 is 37.9 Å². The van der Waals surface area contributed by atoms with Crippen molar-refractivity contribution in [2.45, 2.75) is 12.5 Å². The minimum atomic E-state index is -1.06. The van der Waals surface area contributed by atoms with Crippen LogP contribution in [0.5, 0.6) is 5.75 Å². The third-order valence-electron chi connectivity index (χ3n) is 8.27. The third-order valence-corrected chi connectivity index (χ3v) is 10.4. The number of methoxy groups -OCH3 is 1. The minimum Gasteiger partial charge on any atom is -0.496 e. The number of amides is 1. The lowest BCUT2D eigenvalue weighted by molar-refractivity contribution is -0.131. The molecule has 8 heteroatoms. The Labute approximate surface area is 250 Å². The number of carbonyl (C=O) groups excluding carboxylic acids is 1. The normalized spacial score (nSPS) is 16.0. The van der Waals surface area contributed by atoms with E-state index < -0.39 is 9.21 Å². The number of ether oxygens (including phenoxy) is 1. The molecule has 4 aromatic rings. The van der Waals surface area contributed by atoms with Crippen molar-refractivity contribution < 1.29 is 9.53 Å². The molecule has 0 spiro atoms. The van der Waals surface area contributed by atoms with Crippen LogP contribution in [0.25, 0.3) is 33.3 Å². The molecule has 0 saturated carbocycles. The molecule has 2 aromatic heterocycles. The second-order valence-electron chi connectivity index (χ2n) is 11.7. The second-order valence-corrected chi connectivity index (χ2v) is 14.9. The van der Waals surface area contributed by atoms with Crippen LogP contribution in [0, 0.1) is 0 Å². The van der Waals surface area contributed by atoms with Crippen molar-refractivity contribution in [3.63, 3.8) is 0 Å². The molecular weight excluding hydrogens is 542 g/mol. The predicted octanol–water partition coefficient (Wildman–Crippen LogP) is 5.34. The molecule has 1 saturated heterocycles. The topological polar surface area (TPSA) is 64.7 Å². The van der Waals surface area contributed by atoms with Crippen molar-refractivity contribution in [2.75, 3.05) is 65.9 Å². The zero-order chi connectivity index (χ0) is 29.9. The van der Waals surface area contributed by atoms with Crippen LogP contribution < -0.4 is 4.74 Å². The van der Waals surface area contributed by atoms with Gasteiger partial charge in [-0.15, -0.1) is 0 Å². The van der Waals surface area contributed by atoms with E-state index in [9.17, 15) is 4.79 Å². The molecule has 1 aliphatic heterocycles. The van der Waals surface area contributed by atoms with Gasteiger partial charge in [-0.2, -0.15) is 0 Å². The number of hydrogen-bond donors (Lipinski definition) is 1. The smallest absolute Gasteiger partial charge is 0.224 e. The molecular formula is C34H43N5O2S. The van der Waals surface area contributed by atoms with Crippen LogP contribution in [-0.2, 0) is 4.79 Å². The number of H-pyrrole nitrogens is 1. The van der Waals surface area contributed by atoms with Crippen LogP contribution in [-0.4, -0.2) is 108 Å². The lowest BCUT2D eigenvalue weighted by Crippen LogP contribution is -2.41. The molecule has 3 heterocycles. The van der Waals surface area contributed by atoms with Gasteiger partial charge in [0.1, 0.15) is 11.4 Å². The molecule has 7 nitrogen and oxygen atoms in total. The van der Waals surface area contributed by atoms with Gasteiger partial charge >= 0.3 is 0 Å². The summed E-state index contributed by atoms with van der Waals surface area (Å²) in [4.78, 5) is 28.0. The number of pyridine rings is 1. The van der Waals surface area contributed by atoms with E-state index in [0.717, 1.165) is 75.7 Å². The predicted molar refractivity (Wildman–Crippen MR) is 180 cm³/mol. The van der Waals surface area contributed by atoms with Crippen LogP contribution >= 0.6 is 9.21 Å². The molecule has 2 aromatic carbocycles. The SMILES string of the molecule is C=S1(=C)CCN(C(CC(=O)N(C)CCN(C)C)c2cccc(-c3cnc4[nH]cc(-c5ccccc5OC)c4c3)c2)CC1. The standard InChI is InChI=1S/C34H43N5O2S/c1-37(2)14-15-38(3)33(40)22-31(39-16-18-42(5,6)19-17-39)26-11-9-10-25(20-26)27-21-29-30(24-36-34(29)35-23-27)28-12-7-8-13-32(28)41-4/h7-13,20-21,23-24,31H,5-6,14-19,22H2,1-4H3,(H,35,36). The molecule has 0 aliphatic carbocycles. The Morgan fingerprint density at radius 1 is 1.02 bits per heavy atom. The van der Waals surface area contributed by atoms with Gasteiger partial charge in [-0.1, -0.05) is 48.1 Å². The van der Waals surface area contributed by atoms with E-state index in [0.29, 0.717) is 13.0 Å². The largest absolute Gasteiger partial charge is 0.496 e. The molecule has 1 atom stereocenters. The summed E-state index contributed by atoms with van der Waals surface area (Å²) < 4.78 is 5.64. The van der Waals surface area contributed by atoms with E-state index in [2.05, 4.69) is 62.9 Å². The quantitative estimate of drug-likeness (QED) is 0.255. The maximum Gasteiger partial charge on any atom is 0.224 e. The Kier molecular flexibility index (Phi) is 9.06. The summed E-state index contributed by atoms with van der Waals surface area (Å²) in [5, 5.41) is 1.04. The number of hydrogen-bond acceptors (Lipinski definition) is 5. The molecule has 1 amide bonds. The van der Waals surface area contributed by atoms with Gasteiger partial charge in [0.15, 0.2) is 0 Å². The summed E-state index contributed by atoms with van der Waals surface area (Å²) in [6.45, 7) is 3.36. The van der Waals surface area contributed by atoms with Crippen LogP contribution in [0.4, 0.5) is 0 Å². The lowest BCUT2D eigenvalue weighted by atomic mass is 9.96. The highest BCUT2D eigenvalue weighted by Gasteiger charge is 2.28. The average Bonchev–Trinajstić information content (AvgIpc) is 3.42. The fourth-order valence-corrected chi connectivity index (χ4v) is 7.03. The van der Waals surface area contributed by atoms with Gasteiger partial charge in [0, 0.05) is 80.2 Å². The maximum absolute atomic E-state index is 13.4. The van der Waals surface area contributed by atoms with E-state index in [1.807, 2.05) is 56.6 Å². The molecule has 222 valence electrons. The van der Waals surface area contributed by atoms with Gasteiger partial charge in [0.05, 0.1) is 7.11 Å². The Balaban J connectivity index is 1.48. The van der Waals surface area contributed by atoms with Crippen molar-refractivity contribution in [3.8, 4) is 28.0 Å². The van der Waals surface area contributed by atoms with Crippen molar-refractivity contribution in [3.05, 3.63) is 72.6 Å². The van der Waals surface area contributed by atoms with Crippen molar-refractivity contribution in [2.24, 2.45) is 0 Å². The second kappa shape index (κ2) is 12.7. The fourth-order valence-electron chi connectivity index (χ4n) is 5.58. The monoisotopic (exact) mass is 585 g/mol. The third kappa shape index (κ3) is 6.72. The number of rotatable bonds is 10. The lowest BCUT2D eigenvalue weighted by Gasteiger charge is -2.38. The number of aromatic nitrogens is 2. The molecule has 0 radical (unpaired) electrons. The van der Waals surface area contributed by atoms with Gasteiger partial charge in [-0.25, -0.2) is 14.2 Å². The maximum atomic E-state index is 13.4. The van der Waals surface area contributed by atoms with Crippen LogP contribution in [0.3, 0.4) is 0 Å². The molecule has 1 aliphatic rings. The van der Waals surface area contributed by atoms with Crippen molar-refractivity contribution in [1.29, 1.82) is 0 Å². The highest BCUT2D eigenvalue weighted by Crippen LogP contribution is 2.37. The number of para-hydroxylation sites is 1. The average molecular weight is 586 g/mol. The number of nitrogens with one attached hydrogen (secondary N) is 1. The first-order valence-electron chi connectivity index (χ1n) is 14.4. The zero-order valence-electron chi connectivity index (χ0n) is 25.3. The molecule has 1 N–H and O–H groups in total. The Morgan fingerprint density at radius 3 is 2.52 bits per heavy atom. The van der Waals surface area contributed by atoms with Gasteiger partial charge in [-0.3, -0.25) is 9.69 Å². The molecule has 1 fully saturated rings. The molecule has 1 unspecified atom stereocenters. The van der Waals surface area contributed by atoms with E-state index in [4.69, 9.17) is 9.72 Å². The number of nitrogens with zero attached hydrogens (tertiary/aromatic N) is 4. The Morgan fingerprint density at radius 2 is 1.79 bits per heavy atom. The van der Waals surface area contributed by atoms with E-state index >= 15 is 0 Å². The number of benzene rings is 2. The van der Waals surface area contributed by atoms with Crippen LogP contribution in [0.15, 0.2) is 67.0 Å². The highest BCUT2D eigenvalue weighted by molar-refractivity contribution is 8.27. The van der Waals surface area contributed by atoms with Gasteiger partial charge in [0.25, 0.3) is 0 Å². The summed E-state index contributed by atoms with van der Waals surface area (Å²) in [6.07, 6.45) is 4.36. The first-order valence-corrected chi connectivity index (χ1v) is 16.7. The summed E-state index contributed by atoms with van der Waals surface area (Å²) in [6, 6.07) is 18.8. The van der Waals surface area contributed by atoms with E-state index in [-0.39, 0.29) is 11.9 Å². The van der Waals surface area contributed by atoms with Gasteiger partial charge in [0.2, 0.25) is 5.91 Å². The zero-order valence-corrected chi connectivity index (χ0v) is 26.1. The first-order chi connectivity index (χ1) is 20.1. The Bertz CT molecular complexity index is 1650. The van der Waals surface area contributed by atoms with Crippen LogP contribution in [0.1, 0.15) is 18.0 Å². The summed E-state index contributed by atoms with van der Waals surface area (Å²) in [5.41, 5.74) is 6.18. The fraction of sp³-hybridized carbons (Fsp3) is 0.353. The van der Waals surface area contributed by atoms with Gasteiger partial charge in [-0.05, 0) is 54.9 Å². The van der Waals surface area contributed by atoms with E-state index in [1.165, 1.54) is 0 Å². The molecule has 42 heavy (non-hydrogen) atoms. The number of carbonyl (C=O) groups is 1. The number of fused-ring (bicyclic) bond motifs is 1. The van der Waals surface area contributed by atoms with Crippen molar-refractivity contribution in [1.82, 2.24) is 24.7 Å². The summed E-state index contributed by atoms with van der Waals surface area (Å²) in [7, 11) is 6.62. The Hall–Kier alpha value is -3.59. The number of aromatic amines is 1. The van der Waals surface area contributed by atoms with Crippen LogP contribution in [0.2, 0.25) is 0 Å². The minimum absolute atomic E-state index is 0.0113. The molecule has 5 rings (SSSR count). The van der Waals surface area contributed by atoms with E-state index in [1.54, 1.807) is 7.11 Å². The summed E-state index contributed by atoms with van der Waals surface area (Å²) >= 11 is 0. The number of likely N-dealkylation sites (N-methyl/N-ethyl adjacent to an activating group) is 2. The first kappa shape index (κ1) is 29.9. The highest BCUT2D eigenvalue weighted by atomic mass is 32.2. The summed E-state index contributed by atoms with van der Waals surface area (Å²) in [5.74, 6) is 11.8. The molecule has 0 bridgehead atoms. The van der Waals surface area contributed by atoms with Gasteiger partial charge < -0.3 is 19.5 Å².